The van der Waals surface area contributed by atoms with Crippen molar-refractivity contribution in [2.75, 3.05) is 5.32 Å². The van der Waals surface area contributed by atoms with Gasteiger partial charge < -0.3 is 11.1 Å². The highest BCUT2D eigenvalue weighted by atomic mass is 35.5. The van der Waals surface area contributed by atoms with E-state index in [9.17, 15) is 0 Å². The summed E-state index contributed by atoms with van der Waals surface area (Å²) >= 11 is 7.62. The molecule has 0 aliphatic heterocycles. The smallest absolute Gasteiger partial charge is 0.187 e. The third-order valence-corrected chi connectivity index (χ3v) is 3.33. The first-order valence-electron chi connectivity index (χ1n) is 5.36. The van der Waals surface area contributed by atoms with Gasteiger partial charge in [0.15, 0.2) is 5.13 Å². The maximum absolute atomic E-state index is 6.06. The van der Waals surface area contributed by atoms with Crippen LogP contribution in [0.2, 0.25) is 5.02 Å². The number of rotatable bonds is 4. The Bertz CT molecular complexity index is 496. The van der Waals surface area contributed by atoms with Gasteiger partial charge in [-0.05, 0) is 19.1 Å². The standard InChI is InChI=1S/C12H14ClN3S/c1-8(14)6-9-7-17-12(15-9)16-11-5-3-2-4-10(11)13/h2-5,7-8H,6,14H2,1H3,(H,15,16). The van der Waals surface area contributed by atoms with E-state index in [1.807, 2.05) is 36.6 Å². The molecule has 0 amide bonds. The highest BCUT2D eigenvalue weighted by Crippen LogP contribution is 2.26. The van der Waals surface area contributed by atoms with Gasteiger partial charge in [-0.3, -0.25) is 0 Å². The lowest BCUT2D eigenvalue weighted by atomic mass is 10.2. The second-order valence-corrected chi connectivity index (χ2v) is 5.20. The summed E-state index contributed by atoms with van der Waals surface area (Å²) in [7, 11) is 0. The molecule has 1 unspecified atom stereocenters. The van der Waals surface area contributed by atoms with E-state index in [0.29, 0.717) is 5.02 Å². The summed E-state index contributed by atoms with van der Waals surface area (Å²) in [5, 5.41) is 6.75. The van der Waals surface area contributed by atoms with Crippen LogP contribution in [0.15, 0.2) is 29.6 Å². The summed E-state index contributed by atoms with van der Waals surface area (Å²) < 4.78 is 0. The lowest BCUT2D eigenvalue weighted by molar-refractivity contribution is 0.726. The van der Waals surface area contributed by atoms with Crippen LogP contribution >= 0.6 is 22.9 Å². The number of hydrogen-bond acceptors (Lipinski definition) is 4. The van der Waals surface area contributed by atoms with E-state index in [1.165, 1.54) is 0 Å². The molecule has 2 rings (SSSR count). The third-order valence-electron chi connectivity index (χ3n) is 2.20. The van der Waals surface area contributed by atoms with Gasteiger partial charge in [-0.1, -0.05) is 23.7 Å². The van der Waals surface area contributed by atoms with Crippen molar-refractivity contribution < 1.29 is 0 Å². The molecule has 3 nitrogen and oxygen atoms in total. The van der Waals surface area contributed by atoms with Crippen LogP contribution in [0, 0.1) is 0 Å². The van der Waals surface area contributed by atoms with Gasteiger partial charge in [-0.25, -0.2) is 4.98 Å². The van der Waals surface area contributed by atoms with Crippen LogP contribution in [0.5, 0.6) is 0 Å². The maximum Gasteiger partial charge on any atom is 0.187 e. The number of aromatic nitrogens is 1. The molecule has 3 N–H and O–H groups in total. The van der Waals surface area contributed by atoms with Crippen molar-refractivity contribution >= 4 is 33.8 Å². The number of benzene rings is 1. The fourth-order valence-corrected chi connectivity index (χ4v) is 2.38. The second-order valence-electron chi connectivity index (χ2n) is 3.93. The van der Waals surface area contributed by atoms with Crippen molar-refractivity contribution in [2.45, 2.75) is 19.4 Å². The van der Waals surface area contributed by atoms with Crippen LogP contribution in [0.25, 0.3) is 0 Å². The molecule has 0 spiro atoms. The van der Waals surface area contributed by atoms with Crippen LogP contribution in [0.1, 0.15) is 12.6 Å². The molecule has 1 atom stereocenters. The average Bonchev–Trinajstić information content (AvgIpc) is 2.68. The van der Waals surface area contributed by atoms with Crippen molar-refractivity contribution in [1.29, 1.82) is 0 Å². The van der Waals surface area contributed by atoms with Crippen molar-refractivity contribution in [2.24, 2.45) is 5.73 Å². The molecule has 2 aromatic rings. The molecule has 0 saturated heterocycles. The molecule has 5 heteroatoms. The third kappa shape index (κ3) is 3.43. The Balaban J connectivity index is 2.09. The van der Waals surface area contributed by atoms with Crippen molar-refractivity contribution in [3.05, 3.63) is 40.4 Å². The Kier molecular flexibility index (Phi) is 3.99. The molecule has 1 aromatic heterocycles. The Hall–Kier alpha value is -1.10. The number of halogens is 1. The summed E-state index contributed by atoms with van der Waals surface area (Å²) in [6.07, 6.45) is 0.792. The zero-order valence-electron chi connectivity index (χ0n) is 9.48. The van der Waals surface area contributed by atoms with E-state index >= 15 is 0 Å². The molecular weight excluding hydrogens is 254 g/mol. The van der Waals surface area contributed by atoms with E-state index < -0.39 is 0 Å². The molecule has 0 fully saturated rings. The van der Waals surface area contributed by atoms with Crippen LogP contribution in [0.4, 0.5) is 10.8 Å². The fourth-order valence-electron chi connectivity index (χ4n) is 1.47. The number of nitrogens with two attached hydrogens (primary N) is 1. The van der Waals surface area contributed by atoms with Gasteiger partial charge in [-0.15, -0.1) is 11.3 Å². The van der Waals surface area contributed by atoms with Crippen molar-refractivity contribution in [3.63, 3.8) is 0 Å². The maximum atomic E-state index is 6.06. The van der Waals surface area contributed by atoms with Crippen molar-refractivity contribution in [3.8, 4) is 0 Å². The molecule has 1 heterocycles. The van der Waals surface area contributed by atoms with Crippen LogP contribution in [-0.2, 0) is 6.42 Å². The van der Waals surface area contributed by atoms with E-state index in [4.69, 9.17) is 17.3 Å². The quantitative estimate of drug-likeness (QED) is 0.892. The van der Waals surface area contributed by atoms with Gasteiger partial charge in [-0.2, -0.15) is 0 Å². The number of para-hydroxylation sites is 1. The molecule has 0 aliphatic rings. The summed E-state index contributed by atoms with van der Waals surface area (Å²) in [5.41, 5.74) is 7.62. The van der Waals surface area contributed by atoms with Gasteiger partial charge >= 0.3 is 0 Å². The molecule has 0 saturated carbocycles. The number of nitrogens with one attached hydrogen (secondary N) is 1. The Morgan fingerprint density at radius 3 is 2.94 bits per heavy atom. The molecule has 1 aromatic carbocycles. The lowest BCUT2D eigenvalue weighted by Gasteiger charge is -2.04. The van der Waals surface area contributed by atoms with Gasteiger partial charge in [0.2, 0.25) is 0 Å². The fraction of sp³-hybridized carbons (Fsp3) is 0.250. The summed E-state index contributed by atoms with van der Waals surface area (Å²) in [4.78, 5) is 4.46. The first-order chi connectivity index (χ1) is 8.15. The first-order valence-corrected chi connectivity index (χ1v) is 6.62. The zero-order chi connectivity index (χ0) is 12.3. The zero-order valence-corrected chi connectivity index (χ0v) is 11.1. The molecule has 0 radical (unpaired) electrons. The Morgan fingerprint density at radius 1 is 1.47 bits per heavy atom. The number of anilines is 2. The summed E-state index contributed by atoms with van der Waals surface area (Å²) in [6, 6.07) is 7.74. The Morgan fingerprint density at radius 2 is 2.24 bits per heavy atom. The Labute approximate surface area is 110 Å². The molecule has 0 bridgehead atoms. The highest BCUT2D eigenvalue weighted by Gasteiger charge is 2.06. The van der Waals surface area contributed by atoms with Crippen LogP contribution in [-0.4, -0.2) is 11.0 Å². The first kappa shape index (κ1) is 12.4. The predicted molar refractivity (Wildman–Crippen MR) is 74.2 cm³/mol. The molecule has 0 aliphatic carbocycles. The minimum absolute atomic E-state index is 0.130. The van der Waals surface area contributed by atoms with E-state index in [0.717, 1.165) is 22.9 Å². The SMILES string of the molecule is CC(N)Cc1csc(Nc2ccccc2Cl)n1. The highest BCUT2D eigenvalue weighted by molar-refractivity contribution is 7.13. The van der Waals surface area contributed by atoms with Crippen molar-refractivity contribution in [1.82, 2.24) is 4.98 Å². The molecule has 90 valence electrons. The molecular formula is C12H14ClN3S. The predicted octanol–water partition coefficient (Wildman–Crippen LogP) is 3.43. The van der Waals surface area contributed by atoms with E-state index in [2.05, 4.69) is 10.3 Å². The van der Waals surface area contributed by atoms with E-state index in [-0.39, 0.29) is 6.04 Å². The van der Waals surface area contributed by atoms with Crippen LogP contribution < -0.4 is 11.1 Å². The monoisotopic (exact) mass is 267 g/mol. The van der Waals surface area contributed by atoms with Gasteiger partial charge in [0.1, 0.15) is 0 Å². The minimum Gasteiger partial charge on any atom is -0.330 e. The summed E-state index contributed by atoms with van der Waals surface area (Å²) in [6.45, 7) is 1.97. The molecule has 17 heavy (non-hydrogen) atoms. The summed E-state index contributed by atoms with van der Waals surface area (Å²) in [5.74, 6) is 0. The number of thiazole rings is 1. The normalized spacial score (nSPS) is 12.4. The van der Waals surface area contributed by atoms with Gasteiger partial charge in [0, 0.05) is 17.8 Å². The van der Waals surface area contributed by atoms with E-state index in [1.54, 1.807) is 11.3 Å². The number of hydrogen-bond donors (Lipinski definition) is 2. The second kappa shape index (κ2) is 5.49. The lowest BCUT2D eigenvalue weighted by Crippen LogP contribution is -2.17. The van der Waals surface area contributed by atoms with Gasteiger partial charge in [0.25, 0.3) is 0 Å². The minimum atomic E-state index is 0.130. The largest absolute Gasteiger partial charge is 0.330 e. The topological polar surface area (TPSA) is 50.9 Å². The van der Waals surface area contributed by atoms with Gasteiger partial charge in [0.05, 0.1) is 16.4 Å². The average molecular weight is 268 g/mol. The van der Waals surface area contributed by atoms with Crippen LogP contribution in [0.3, 0.4) is 0 Å². The number of nitrogens with zero attached hydrogens (tertiary/aromatic N) is 1.